The van der Waals surface area contributed by atoms with Gasteiger partial charge in [0, 0.05) is 39.9 Å². The van der Waals surface area contributed by atoms with E-state index in [9.17, 15) is 9.59 Å². The van der Waals surface area contributed by atoms with Crippen LogP contribution in [0.2, 0.25) is 0 Å². The van der Waals surface area contributed by atoms with Crippen molar-refractivity contribution in [2.75, 3.05) is 39.9 Å². The first kappa shape index (κ1) is 24.1. The van der Waals surface area contributed by atoms with Gasteiger partial charge in [0.15, 0.2) is 5.96 Å². The van der Waals surface area contributed by atoms with Crippen molar-refractivity contribution in [3.8, 4) is 0 Å². The first-order valence-electron chi connectivity index (χ1n) is 10.6. The summed E-state index contributed by atoms with van der Waals surface area (Å²) >= 11 is 0. The highest BCUT2D eigenvalue weighted by Gasteiger charge is 2.58. The zero-order valence-corrected chi connectivity index (χ0v) is 20.1. The molecule has 29 heavy (non-hydrogen) atoms. The summed E-state index contributed by atoms with van der Waals surface area (Å²) in [5.41, 5.74) is 0. The number of nitrogens with zero attached hydrogens (tertiary/aromatic N) is 2. The molecule has 0 radical (unpaired) electrons. The molecule has 2 amide bonds. The molecule has 4 unspecified atom stereocenters. The van der Waals surface area contributed by atoms with Crippen molar-refractivity contribution in [1.29, 1.82) is 0 Å². The molecule has 2 bridgehead atoms. The second-order valence-corrected chi connectivity index (χ2v) is 8.43. The SMILES string of the molecule is CN=C(NCCCOCC(C)C)NCCCN1C(=O)C2C3C=CC(C3)C2C1=O.I. The normalized spacial score (nSPS) is 27.6. The Morgan fingerprint density at radius 1 is 1.14 bits per heavy atom. The van der Waals surface area contributed by atoms with Crippen LogP contribution >= 0.6 is 24.0 Å². The summed E-state index contributed by atoms with van der Waals surface area (Å²) in [7, 11) is 1.74. The molecule has 8 heteroatoms. The Labute approximate surface area is 191 Å². The van der Waals surface area contributed by atoms with E-state index < -0.39 is 0 Å². The maximum atomic E-state index is 12.6. The number of halogens is 1. The number of nitrogens with one attached hydrogen (secondary N) is 2. The van der Waals surface area contributed by atoms with E-state index >= 15 is 0 Å². The number of likely N-dealkylation sites (tertiary alicyclic amines) is 1. The summed E-state index contributed by atoms with van der Waals surface area (Å²) < 4.78 is 5.56. The molecule has 164 valence electrons. The standard InChI is InChI=1S/C21H34N4O3.HI/c1-14(2)13-28-11-5-9-24-21(22-3)23-8-4-10-25-19(26)17-15-6-7-16(12-15)18(17)20(25)27;/h6-7,14-18H,4-5,8-13H2,1-3H3,(H2,22,23,24);1H. The lowest BCUT2D eigenvalue weighted by atomic mass is 9.85. The largest absolute Gasteiger partial charge is 0.381 e. The molecule has 7 nitrogen and oxygen atoms in total. The molecular formula is C21H35IN4O3. The van der Waals surface area contributed by atoms with Gasteiger partial charge in [0.05, 0.1) is 11.8 Å². The number of guanidine groups is 1. The average molecular weight is 518 g/mol. The van der Waals surface area contributed by atoms with E-state index in [1.807, 2.05) is 0 Å². The lowest BCUT2D eigenvalue weighted by molar-refractivity contribution is -0.140. The maximum Gasteiger partial charge on any atom is 0.233 e. The number of aliphatic imine (C=N–C) groups is 1. The Hall–Kier alpha value is -1.16. The second-order valence-electron chi connectivity index (χ2n) is 8.43. The van der Waals surface area contributed by atoms with Crippen LogP contribution in [-0.4, -0.2) is 62.6 Å². The number of fused-ring (bicyclic) bond motifs is 5. The Morgan fingerprint density at radius 2 is 1.72 bits per heavy atom. The van der Waals surface area contributed by atoms with Crippen LogP contribution in [0.25, 0.3) is 0 Å². The van der Waals surface area contributed by atoms with Crippen LogP contribution in [0.4, 0.5) is 0 Å². The molecule has 2 N–H and O–H groups in total. The molecule has 0 aromatic carbocycles. The highest BCUT2D eigenvalue weighted by molar-refractivity contribution is 14.0. The maximum absolute atomic E-state index is 12.6. The molecule has 4 atom stereocenters. The van der Waals surface area contributed by atoms with E-state index in [1.165, 1.54) is 4.90 Å². The number of allylic oxidation sites excluding steroid dienone is 2. The van der Waals surface area contributed by atoms with Crippen LogP contribution in [0.3, 0.4) is 0 Å². The van der Waals surface area contributed by atoms with Crippen molar-refractivity contribution in [3.05, 3.63) is 12.2 Å². The number of ether oxygens (including phenoxy) is 1. The highest BCUT2D eigenvalue weighted by atomic mass is 127. The Kier molecular flexibility index (Phi) is 9.39. The number of carbonyl (C=O) groups excluding carboxylic acids is 2. The van der Waals surface area contributed by atoms with Crippen molar-refractivity contribution in [2.24, 2.45) is 34.6 Å². The van der Waals surface area contributed by atoms with Crippen molar-refractivity contribution in [1.82, 2.24) is 15.5 Å². The third-order valence-corrected chi connectivity index (χ3v) is 5.85. The van der Waals surface area contributed by atoms with E-state index in [0.29, 0.717) is 19.0 Å². The van der Waals surface area contributed by atoms with Gasteiger partial charge in [-0.25, -0.2) is 0 Å². The predicted molar refractivity (Wildman–Crippen MR) is 124 cm³/mol. The molecule has 0 aromatic heterocycles. The average Bonchev–Trinajstić information content (AvgIpc) is 3.35. The molecule has 1 saturated carbocycles. The monoisotopic (exact) mass is 518 g/mol. The van der Waals surface area contributed by atoms with Gasteiger partial charge in [-0.1, -0.05) is 26.0 Å². The van der Waals surface area contributed by atoms with Crippen molar-refractivity contribution < 1.29 is 14.3 Å². The fourth-order valence-electron chi connectivity index (χ4n) is 4.55. The Balaban J connectivity index is 0.00000300. The number of carbonyl (C=O) groups is 2. The van der Waals surface area contributed by atoms with Gasteiger partial charge in [0.25, 0.3) is 0 Å². The highest BCUT2D eigenvalue weighted by Crippen LogP contribution is 2.52. The minimum Gasteiger partial charge on any atom is -0.381 e. The van der Waals surface area contributed by atoms with Gasteiger partial charge in [-0.3, -0.25) is 19.5 Å². The molecular weight excluding hydrogens is 483 g/mol. The van der Waals surface area contributed by atoms with Gasteiger partial charge in [0.2, 0.25) is 11.8 Å². The van der Waals surface area contributed by atoms with E-state index in [1.54, 1.807) is 7.05 Å². The number of imide groups is 1. The van der Waals surface area contributed by atoms with E-state index in [2.05, 4.69) is 41.6 Å². The smallest absolute Gasteiger partial charge is 0.233 e. The summed E-state index contributed by atoms with van der Waals surface area (Å²) in [6, 6.07) is 0. The first-order chi connectivity index (χ1) is 13.5. The van der Waals surface area contributed by atoms with Crippen molar-refractivity contribution >= 4 is 41.8 Å². The Morgan fingerprint density at radius 3 is 2.28 bits per heavy atom. The molecule has 1 saturated heterocycles. The first-order valence-corrected chi connectivity index (χ1v) is 10.6. The summed E-state index contributed by atoms with van der Waals surface area (Å²) in [5, 5.41) is 6.51. The van der Waals surface area contributed by atoms with Gasteiger partial charge in [-0.15, -0.1) is 24.0 Å². The summed E-state index contributed by atoms with van der Waals surface area (Å²) in [6.45, 7) is 7.75. The van der Waals surface area contributed by atoms with Gasteiger partial charge >= 0.3 is 0 Å². The van der Waals surface area contributed by atoms with Gasteiger partial charge in [-0.2, -0.15) is 0 Å². The minimum absolute atomic E-state index is 0. The molecule has 0 spiro atoms. The van der Waals surface area contributed by atoms with Crippen molar-refractivity contribution in [3.63, 3.8) is 0 Å². The lowest BCUT2D eigenvalue weighted by Gasteiger charge is -2.18. The van der Waals surface area contributed by atoms with Crippen molar-refractivity contribution in [2.45, 2.75) is 33.1 Å². The molecule has 0 aromatic rings. The number of hydrogen-bond acceptors (Lipinski definition) is 4. The van der Waals surface area contributed by atoms with Crippen LogP contribution in [0.15, 0.2) is 17.1 Å². The van der Waals surface area contributed by atoms with Gasteiger partial charge in [0.1, 0.15) is 0 Å². The summed E-state index contributed by atoms with van der Waals surface area (Å²) in [6.07, 6.45) is 6.88. The third-order valence-electron chi connectivity index (χ3n) is 5.85. The van der Waals surface area contributed by atoms with E-state index in [0.717, 1.165) is 45.0 Å². The molecule has 3 aliphatic rings. The minimum atomic E-state index is -0.0946. The number of rotatable bonds is 10. The molecule has 1 heterocycles. The van der Waals surface area contributed by atoms with Crippen LogP contribution < -0.4 is 10.6 Å². The van der Waals surface area contributed by atoms with Crippen LogP contribution in [0.5, 0.6) is 0 Å². The quantitative estimate of drug-likeness (QED) is 0.116. The van der Waals surface area contributed by atoms with Crippen LogP contribution in [-0.2, 0) is 14.3 Å². The summed E-state index contributed by atoms with van der Waals surface area (Å²) in [5.74, 6) is 1.74. The predicted octanol–water partition coefficient (Wildman–Crippen LogP) is 2.03. The zero-order valence-electron chi connectivity index (χ0n) is 17.7. The van der Waals surface area contributed by atoms with E-state index in [-0.39, 0.29) is 59.5 Å². The zero-order chi connectivity index (χ0) is 20.1. The van der Waals surface area contributed by atoms with E-state index in [4.69, 9.17) is 4.74 Å². The Bertz CT molecular complexity index is 607. The summed E-state index contributed by atoms with van der Waals surface area (Å²) in [4.78, 5) is 31.0. The second kappa shape index (κ2) is 11.3. The molecule has 1 aliphatic heterocycles. The van der Waals surface area contributed by atoms with Crippen LogP contribution in [0.1, 0.15) is 33.1 Å². The fraction of sp³-hybridized carbons (Fsp3) is 0.762. The van der Waals surface area contributed by atoms with Gasteiger partial charge in [-0.05, 0) is 37.0 Å². The third kappa shape index (κ3) is 5.71. The fourth-order valence-corrected chi connectivity index (χ4v) is 4.55. The topological polar surface area (TPSA) is 83.0 Å². The molecule has 3 rings (SSSR count). The lowest BCUT2D eigenvalue weighted by Crippen LogP contribution is -2.40. The number of hydrogen-bond donors (Lipinski definition) is 2. The van der Waals surface area contributed by atoms with Gasteiger partial charge < -0.3 is 15.4 Å². The van der Waals surface area contributed by atoms with Crippen LogP contribution in [0, 0.1) is 29.6 Å². The molecule has 2 aliphatic carbocycles. The molecule has 2 fully saturated rings. The number of amides is 2.